The van der Waals surface area contributed by atoms with Crippen molar-refractivity contribution in [2.45, 2.75) is 52.0 Å². The Morgan fingerprint density at radius 2 is 2.07 bits per heavy atom. The van der Waals surface area contributed by atoms with Gasteiger partial charge in [0.25, 0.3) is 0 Å². The fourth-order valence-corrected chi connectivity index (χ4v) is 4.68. The second-order valence-corrected chi connectivity index (χ2v) is 9.38. The van der Waals surface area contributed by atoms with Crippen LogP contribution in [0.4, 0.5) is 5.69 Å². The maximum Gasteiger partial charge on any atom is 0.249 e. The van der Waals surface area contributed by atoms with Crippen molar-refractivity contribution < 1.29 is 9.59 Å². The lowest BCUT2D eigenvalue weighted by molar-refractivity contribution is -0.123. The molecule has 30 heavy (non-hydrogen) atoms. The summed E-state index contributed by atoms with van der Waals surface area (Å²) >= 11 is 0. The van der Waals surface area contributed by atoms with Crippen LogP contribution in [-0.4, -0.2) is 40.1 Å². The highest BCUT2D eigenvalue weighted by molar-refractivity contribution is 6.01. The van der Waals surface area contributed by atoms with Gasteiger partial charge in [0, 0.05) is 41.3 Å². The largest absolute Gasteiger partial charge is 0.353 e. The van der Waals surface area contributed by atoms with Crippen molar-refractivity contribution in [1.29, 1.82) is 0 Å². The van der Waals surface area contributed by atoms with Gasteiger partial charge in [-0.2, -0.15) is 5.10 Å². The van der Waals surface area contributed by atoms with Gasteiger partial charge < -0.3 is 15.2 Å². The lowest BCUT2D eigenvalue weighted by Crippen LogP contribution is -2.42. The van der Waals surface area contributed by atoms with Crippen LogP contribution < -0.4 is 10.2 Å². The normalized spacial score (nSPS) is 20.2. The quantitative estimate of drug-likeness (QED) is 0.624. The number of carbonyl (C=O) groups is 2. The van der Waals surface area contributed by atoms with Crippen LogP contribution in [0.5, 0.6) is 0 Å². The Morgan fingerprint density at radius 1 is 1.23 bits per heavy atom. The first kappa shape index (κ1) is 18.9. The number of benzene rings is 1. The van der Waals surface area contributed by atoms with Crippen LogP contribution in [0.25, 0.3) is 22.3 Å². The van der Waals surface area contributed by atoms with Crippen LogP contribution in [-0.2, 0) is 22.4 Å². The molecule has 2 amide bonds. The summed E-state index contributed by atoms with van der Waals surface area (Å²) in [5.74, 6) is -0.145. The molecule has 3 N–H and O–H groups in total. The molecule has 5 rings (SSSR count). The zero-order valence-electron chi connectivity index (χ0n) is 17.6. The van der Waals surface area contributed by atoms with Gasteiger partial charge in [0.05, 0.1) is 5.69 Å². The maximum atomic E-state index is 12.7. The van der Waals surface area contributed by atoms with Crippen LogP contribution in [0, 0.1) is 5.41 Å². The number of aromatic nitrogens is 3. The molecule has 1 aromatic carbocycles. The first-order valence-electron chi connectivity index (χ1n) is 10.6. The average molecular weight is 406 g/mol. The zero-order chi connectivity index (χ0) is 21.0. The highest BCUT2D eigenvalue weighted by Gasteiger charge is 2.31. The third-order valence-electron chi connectivity index (χ3n) is 6.53. The summed E-state index contributed by atoms with van der Waals surface area (Å²) in [5.41, 5.74) is 6.61. The first-order chi connectivity index (χ1) is 14.3. The van der Waals surface area contributed by atoms with Crippen molar-refractivity contribution in [3.05, 3.63) is 35.5 Å². The van der Waals surface area contributed by atoms with Crippen molar-refractivity contribution in [3.63, 3.8) is 0 Å². The lowest BCUT2D eigenvalue weighted by atomic mass is 9.76. The molecule has 7 heteroatoms. The van der Waals surface area contributed by atoms with E-state index in [4.69, 9.17) is 0 Å². The number of nitrogens with zero attached hydrogens (tertiary/aromatic N) is 2. The number of carbonyl (C=O) groups excluding carboxylic acids is 2. The number of fused-ring (bicyclic) bond motifs is 2. The molecule has 1 atom stereocenters. The van der Waals surface area contributed by atoms with Crippen LogP contribution in [0.2, 0.25) is 0 Å². The Bertz CT molecular complexity index is 1160. The van der Waals surface area contributed by atoms with E-state index in [1.807, 2.05) is 18.2 Å². The van der Waals surface area contributed by atoms with Crippen molar-refractivity contribution in [2.24, 2.45) is 5.41 Å². The van der Waals surface area contributed by atoms with E-state index in [1.165, 1.54) is 11.3 Å². The highest BCUT2D eigenvalue weighted by Crippen LogP contribution is 2.38. The minimum Gasteiger partial charge on any atom is -0.353 e. The monoisotopic (exact) mass is 405 g/mol. The predicted octanol–water partition coefficient (Wildman–Crippen LogP) is 3.31. The summed E-state index contributed by atoms with van der Waals surface area (Å²) in [6, 6.07) is 7.63. The lowest BCUT2D eigenvalue weighted by Gasteiger charge is -2.28. The molecule has 0 saturated carbocycles. The highest BCUT2D eigenvalue weighted by atomic mass is 16.2. The predicted molar refractivity (Wildman–Crippen MR) is 116 cm³/mol. The molecule has 3 heterocycles. The van der Waals surface area contributed by atoms with Crippen molar-refractivity contribution >= 4 is 28.4 Å². The van der Waals surface area contributed by atoms with Crippen LogP contribution >= 0.6 is 0 Å². The van der Waals surface area contributed by atoms with E-state index < -0.39 is 6.04 Å². The third kappa shape index (κ3) is 3.18. The fourth-order valence-electron chi connectivity index (χ4n) is 4.68. The van der Waals surface area contributed by atoms with E-state index in [0.29, 0.717) is 18.3 Å². The van der Waals surface area contributed by atoms with Gasteiger partial charge in [0.15, 0.2) is 0 Å². The van der Waals surface area contributed by atoms with Gasteiger partial charge in [0.1, 0.15) is 11.7 Å². The molecule has 0 radical (unpaired) electrons. The first-order valence-corrected chi connectivity index (χ1v) is 10.6. The number of rotatable bonds is 3. The van der Waals surface area contributed by atoms with Crippen LogP contribution in [0.1, 0.15) is 44.4 Å². The molecule has 1 aliphatic heterocycles. The van der Waals surface area contributed by atoms with E-state index in [9.17, 15) is 9.59 Å². The zero-order valence-corrected chi connectivity index (χ0v) is 17.6. The number of amides is 2. The standard InChI is InChI=1S/C23H27N5O2/c1-23(2)9-8-15-19(12-23)26-27-21(15)18-10-13-4-5-14(11-17(13)24-18)28(3)22(30)16-6-7-20(29)25-16/h4-5,10-11,16,24H,6-9,12H2,1-3H3,(H,25,29)(H,26,27). The number of anilines is 1. The van der Waals surface area contributed by atoms with Gasteiger partial charge in [0.2, 0.25) is 11.8 Å². The minimum absolute atomic E-state index is 0.0584. The molecule has 0 spiro atoms. The Balaban J connectivity index is 1.43. The van der Waals surface area contributed by atoms with Gasteiger partial charge in [-0.3, -0.25) is 14.7 Å². The summed E-state index contributed by atoms with van der Waals surface area (Å²) < 4.78 is 0. The molecule has 7 nitrogen and oxygen atoms in total. The Morgan fingerprint density at radius 3 is 2.83 bits per heavy atom. The SMILES string of the molecule is CN(C(=O)C1CCC(=O)N1)c1ccc2cc(-c3n[nH]c4c3CCC(C)(C)C4)[nH]c2c1. The smallest absolute Gasteiger partial charge is 0.249 e. The molecule has 1 aliphatic carbocycles. The molecule has 2 aromatic heterocycles. The number of likely N-dealkylation sites (N-methyl/N-ethyl adjacent to an activating group) is 1. The number of hydrogen-bond acceptors (Lipinski definition) is 3. The van der Waals surface area contributed by atoms with Crippen molar-refractivity contribution in [3.8, 4) is 11.4 Å². The summed E-state index contributed by atoms with van der Waals surface area (Å²) in [4.78, 5) is 29.3. The fraction of sp³-hybridized carbons (Fsp3) is 0.435. The Labute approximate surface area is 175 Å². The summed E-state index contributed by atoms with van der Waals surface area (Å²) in [5, 5.41) is 11.7. The molecule has 0 bridgehead atoms. The number of nitrogens with one attached hydrogen (secondary N) is 3. The van der Waals surface area contributed by atoms with Crippen molar-refractivity contribution in [2.75, 3.05) is 11.9 Å². The van der Waals surface area contributed by atoms with E-state index in [2.05, 4.69) is 40.4 Å². The molecule has 2 aliphatic rings. The molecule has 156 valence electrons. The van der Waals surface area contributed by atoms with Crippen LogP contribution in [0.3, 0.4) is 0 Å². The van der Waals surface area contributed by atoms with E-state index in [-0.39, 0.29) is 11.8 Å². The number of aromatic amines is 2. The van der Waals surface area contributed by atoms with Gasteiger partial charge in [-0.25, -0.2) is 0 Å². The molecule has 3 aromatic rings. The molecular formula is C23H27N5O2. The minimum atomic E-state index is -0.433. The average Bonchev–Trinajstić information content (AvgIpc) is 3.42. The second kappa shape index (κ2) is 6.72. The van der Waals surface area contributed by atoms with Crippen LogP contribution in [0.15, 0.2) is 24.3 Å². The molecular weight excluding hydrogens is 378 g/mol. The summed E-state index contributed by atoms with van der Waals surface area (Å²) in [7, 11) is 1.75. The van der Waals surface area contributed by atoms with Gasteiger partial charge >= 0.3 is 0 Å². The van der Waals surface area contributed by atoms with Gasteiger partial charge in [-0.1, -0.05) is 19.9 Å². The topological polar surface area (TPSA) is 93.9 Å². The summed E-state index contributed by atoms with van der Waals surface area (Å²) in [6.45, 7) is 4.60. The number of hydrogen-bond donors (Lipinski definition) is 3. The maximum absolute atomic E-state index is 12.7. The molecule has 1 fully saturated rings. The third-order valence-corrected chi connectivity index (χ3v) is 6.53. The second-order valence-electron chi connectivity index (χ2n) is 9.38. The van der Waals surface area contributed by atoms with Gasteiger partial charge in [-0.15, -0.1) is 0 Å². The van der Waals surface area contributed by atoms with Crippen molar-refractivity contribution in [1.82, 2.24) is 20.5 Å². The Hall–Kier alpha value is -3.09. The number of H-pyrrole nitrogens is 2. The van der Waals surface area contributed by atoms with E-state index in [1.54, 1.807) is 11.9 Å². The van der Waals surface area contributed by atoms with E-state index in [0.717, 1.165) is 47.2 Å². The van der Waals surface area contributed by atoms with E-state index >= 15 is 0 Å². The Kier molecular flexibility index (Phi) is 4.24. The molecule has 1 saturated heterocycles. The summed E-state index contributed by atoms with van der Waals surface area (Å²) in [6.07, 6.45) is 4.16. The molecule has 1 unspecified atom stereocenters. The van der Waals surface area contributed by atoms with Gasteiger partial charge in [-0.05, 0) is 49.3 Å².